The Balaban J connectivity index is 1.23. The second-order valence-electron chi connectivity index (χ2n) is 8.37. The van der Waals surface area contributed by atoms with Gasteiger partial charge in [-0.25, -0.2) is 15.1 Å². The first-order valence-corrected chi connectivity index (χ1v) is 11.2. The van der Waals surface area contributed by atoms with Crippen molar-refractivity contribution in [1.29, 1.82) is 0 Å². The number of halogens is 3. The molecule has 1 amide bonds. The molecule has 4 rings (SSSR count). The molecule has 1 aromatic carbocycles. The highest BCUT2D eigenvalue weighted by atomic mass is 19.4. The van der Waals surface area contributed by atoms with Gasteiger partial charge in [0.25, 0.3) is 5.56 Å². The molecule has 1 saturated heterocycles. The van der Waals surface area contributed by atoms with Crippen molar-refractivity contribution in [1.82, 2.24) is 25.1 Å². The lowest BCUT2D eigenvalue weighted by molar-refractivity contribution is -0.138. The van der Waals surface area contributed by atoms with E-state index in [4.69, 9.17) is 4.74 Å². The number of fused-ring (bicyclic) bond motifs is 1. The SMILES string of the molecule is CN(C(=O)COCCc1cccc2c(=O)[nH]ncc12)C1CCN(c2ncc(C(F)(F)F)cn2)CC1. The van der Waals surface area contributed by atoms with Crippen LogP contribution in [0.2, 0.25) is 0 Å². The van der Waals surface area contributed by atoms with Crippen molar-refractivity contribution in [3.8, 4) is 0 Å². The number of aromatic amines is 1. The molecule has 1 N–H and O–H groups in total. The monoisotopic (exact) mass is 490 g/mol. The summed E-state index contributed by atoms with van der Waals surface area (Å²) >= 11 is 0. The number of anilines is 1. The van der Waals surface area contributed by atoms with E-state index in [1.807, 2.05) is 11.0 Å². The largest absolute Gasteiger partial charge is 0.419 e. The lowest BCUT2D eigenvalue weighted by Gasteiger charge is -2.36. The van der Waals surface area contributed by atoms with Crippen LogP contribution in [0, 0.1) is 0 Å². The molecule has 0 bridgehead atoms. The number of aromatic nitrogens is 4. The molecule has 1 fully saturated rings. The van der Waals surface area contributed by atoms with Gasteiger partial charge in [0.2, 0.25) is 11.9 Å². The van der Waals surface area contributed by atoms with Crippen LogP contribution >= 0.6 is 0 Å². The van der Waals surface area contributed by atoms with Gasteiger partial charge in [-0.3, -0.25) is 9.59 Å². The van der Waals surface area contributed by atoms with Crippen LogP contribution in [-0.2, 0) is 22.1 Å². The Kier molecular flexibility index (Phi) is 7.29. The van der Waals surface area contributed by atoms with Crippen molar-refractivity contribution in [2.24, 2.45) is 0 Å². The molecule has 0 aliphatic carbocycles. The molecule has 3 heterocycles. The van der Waals surface area contributed by atoms with Gasteiger partial charge in [-0.15, -0.1) is 0 Å². The van der Waals surface area contributed by atoms with Crippen LogP contribution in [0.15, 0.2) is 41.6 Å². The number of ether oxygens (including phenoxy) is 1. The van der Waals surface area contributed by atoms with Crippen molar-refractivity contribution in [3.63, 3.8) is 0 Å². The number of alkyl halides is 3. The molecular formula is C23H25F3N6O3. The first-order valence-electron chi connectivity index (χ1n) is 11.2. The van der Waals surface area contributed by atoms with Crippen molar-refractivity contribution in [3.05, 3.63) is 58.3 Å². The van der Waals surface area contributed by atoms with Gasteiger partial charge in [-0.1, -0.05) is 12.1 Å². The van der Waals surface area contributed by atoms with Crippen LogP contribution in [0.4, 0.5) is 19.1 Å². The fraction of sp³-hybridized carbons (Fsp3) is 0.435. The Morgan fingerprint density at radius 1 is 1.17 bits per heavy atom. The number of nitrogens with one attached hydrogen (secondary N) is 1. The number of likely N-dealkylation sites (N-methyl/N-ethyl adjacent to an activating group) is 1. The van der Waals surface area contributed by atoms with Crippen LogP contribution < -0.4 is 10.5 Å². The lowest BCUT2D eigenvalue weighted by Crippen LogP contribution is -2.47. The summed E-state index contributed by atoms with van der Waals surface area (Å²) in [6, 6.07) is 5.42. The number of nitrogens with zero attached hydrogens (tertiary/aromatic N) is 5. The van der Waals surface area contributed by atoms with Gasteiger partial charge in [0.05, 0.1) is 23.8 Å². The number of rotatable bonds is 7. The van der Waals surface area contributed by atoms with E-state index in [0.29, 0.717) is 44.3 Å². The third kappa shape index (κ3) is 5.76. The van der Waals surface area contributed by atoms with Crippen LogP contribution in [0.25, 0.3) is 10.8 Å². The summed E-state index contributed by atoms with van der Waals surface area (Å²) in [5, 5.41) is 7.57. The van der Waals surface area contributed by atoms with Crippen LogP contribution in [-0.4, -0.2) is 70.4 Å². The summed E-state index contributed by atoms with van der Waals surface area (Å²) in [5.41, 5.74) is -0.218. The molecule has 186 valence electrons. The second-order valence-corrected chi connectivity index (χ2v) is 8.37. The lowest BCUT2D eigenvalue weighted by atomic mass is 10.0. The number of carbonyl (C=O) groups is 1. The molecular weight excluding hydrogens is 465 g/mol. The van der Waals surface area contributed by atoms with E-state index in [1.165, 1.54) is 0 Å². The molecule has 2 aromatic heterocycles. The Morgan fingerprint density at radius 2 is 1.89 bits per heavy atom. The Morgan fingerprint density at radius 3 is 2.57 bits per heavy atom. The second kappa shape index (κ2) is 10.4. The van der Waals surface area contributed by atoms with Gasteiger partial charge >= 0.3 is 6.18 Å². The fourth-order valence-electron chi connectivity index (χ4n) is 4.13. The number of carbonyl (C=O) groups excluding carboxylic acids is 1. The van der Waals surface area contributed by atoms with E-state index in [2.05, 4.69) is 20.2 Å². The number of hydrogen-bond donors (Lipinski definition) is 1. The van der Waals surface area contributed by atoms with Crippen LogP contribution in [0.5, 0.6) is 0 Å². The number of benzene rings is 1. The summed E-state index contributed by atoms with van der Waals surface area (Å²) in [6.45, 7) is 1.31. The van der Waals surface area contributed by atoms with Gasteiger partial charge in [0, 0.05) is 44.0 Å². The zero-order valence-corrected chi connectivity index (χ0v) is 19.1. The van der Waals surface area contributed by atoms with Gasteiger partial charge in [-0.2, -0.15) is 18.3 Å². The van der Waals surface area contributed by atoms with Crippen molar-refractivity contribution in [2.45, 2.75) is 31.5 Å². The maximum atomic E-state index is 12.7. The van der Waals surface area contributed by atoms with Gasteiger partial charge < -0.3 is 14.5 Å². The minimum absolute atomic E-state index is 0.00679. The third-order valence-electron chi connectivity index (χ3n) is 6.20. The predicted octanol–water partition coefficient (Wildman–Crippen LogP) is 2.42. The highest BCUT2D eigenvalue weighted by Gasteiger charge is 2.32. The van der Waals surface area contributed by atoms with Crippen LogP contribution in [0.3, 0.4) is 0 Å². The number of hydrogen-bond acceptors (Lipinski definition) is 7. The van der Waals surface area contributed by atoms with Gasteiger partial charge in [0.1, 0.15) is 6.61 Å². The van der Waals surface area contributed by atoms with Gasteiger partial charge in [-0.05, 0) is 30.9 Å². The first kappa shape index (κ1) is 24.6. The first-order chi connectivity index (χ1) is 16.7. The fourth-order valence-corrected chi connectivity index (χ4v) is 4.13. The maximum absolute atomic E-state index is 12.7. The van der Waals surface area contributed by atoms with Crippen molar-refractivity contribution in [2.75, 3.05) is 38.3 Å². The van der Waals surface area contributed by atoms with Crippen LogP contribution in [0.1, 0.15) is 24.0 Å². The summed E-state index contributed by atoms with van der Waals surface area (Å²) in [4.78, 5) is 35.6. The van der Waals surface area contributed by atoms with E-state index in [-0.39, 0.29) is 30.1 Å². The smallest absolute Gasteiger partial charge is 0.371 e. The molecule has 3 aromatic rings. The van der Waals surface area contributed by atoms with E-state index in [0.717, 1.165) is 23.3 Å². The molecule has 35 heavy (non-hydrogen) atoms. The zero-order valence-electron chi connectivity index (χ0n) is 19.1. The molecule has 1 aliphatic rings. The molecule has 0 radical (unpaired) electrons. The number of H-pyrrole nitrogens is 1. The maximum Gasteiger partial charge on any atom is 0.419 e. The van der Waals surface area contributed by atoms with E-state index in [9.17, 15) is 22.8 Å². The van der Waals surface area contributed by atoms with Crippen molar-refractivity contribution < 1.29 is 22.7 Å². The molecule has 0 saturated carbocycles. The zero-order chi connectivity index (χ0) is 25.0. The van der Waals surface area contributed by atoms with E-state index >= 15 is 0 Å². The molecule has 0 spiro atoms. The highest BCUT2D eigenvalue weighted by molar-refractivity contribution is 5.83. The molecule has 1 aliphatic heterocycles. The standard InChI is InChI=1S/C23H25F3N6O3/c1-31(17-5-8-32(9-6-17)22-27-11-16(12-28-22)23(24,25)26)20(33)14-35-10-7-15-3-2-4-18-19(15)13-29-30-21(18)34/h2-4,11-13,17H,5-10,14H2,1H3,(H,30,34). The summed E-state index contributed by atoms with van der Waals surface area (Å²) in [7, 11) is 1.73. The van der Waals surface area contributed by atoms with Crippen molar-refractivity contribution >= 4 is 22.6 Å². The summed E-state index contributed by atoms with van der Waals surface area (Å²) in [6.07, 6.45) is 0.525. The highest BCUT2D eigenvalue weighted by Crippen LogP contribution is 2.29. The summed E-state index contributed by atoms with van der Waals surface area (Å²) < 4.78 is 43.7. The average Bonchev–Trinajstić information content (AvgIpc) is 2.86. The third-order valence-corrected chi connectivity index (χ3v) is 6.20. The molecule has 0 atom stereocenters. The van der Waals surface area contributed by atoms with Gasteiger partial charge in [0.15, 0.2) is 0 Å². The molecule has 9 nitrogen and oxygen atoms in total. The Labute approximate surface area is 198 Å². The average molecular weight is 490 g/mol. The van der Waals surface area contributed by atoms with E-state index < -0.39 is 11.7 Å². The minimum atomic E-state index is -4.47. The van der Waals surface area contributed by atoms with E-state index in [1.54, 1.807) is 30.3 Å². The Hall–Kier alpha value is -3.54. The predicted molar refractivity (Wildman–Crippen MR) is 122 cm³/mol. The number of piperidine rings is 1. The molecule has 12 heteroatoms. The summed E-state index contributed by atoms with van der Waals surface area (Å²) in [5.74, 6) is 0.102. The number of amides is 1. The minimum Gasteiger partial charge on any atom is -0.371 e. The topological polar surface area (TPSA) is 104 Å². The molecule has 0 unspecified atom stereocenters. The normalized spacial score (nSPS) is 14.9. The Bertz CT molecular complexity index is 1220. The quantitative estimate of drug-likeness (QED) is 0.507.